The van der Waals surface area contributed by atoms with E-state index in [1.807, 2.05) is 12.1 Å². The summed E-state index contributed by atoms with van der Waals surface area (Å²) in [6.07, 6.45) is 0. The molecule has 1 aliphatic carbocycles. The molecular formula is C9H2Br2OS2. The van der Waals surface area contributed by atoms with Crippen LogP contribution in [-0.2, 0) is 0 Å². The molecule has 5 heteroatoms. The van der Waals surface area contributed by atoms with Gasteiger partial charge < -0.3 is 0 Å². The summed E-state index contributed by atoms with van der Waals surface area (Å²) >= 11 is 9.82. The first-order valence-electron chi connectivity index (χ1n) is 3.80. The fraction of sp³-hybridized carbons (Fsp3) is 0. The van der Waals surface area contributed by atoms with Crippen molar-refractivity contribution in [1.29, 1.82) is 0 Å². The van der Waals surface area contributed by atoms with Crippen molar-refractivity contribution >= 4 is 60.3 Å². The van der Waals surface area contributed by atoms with Gasteiger partial charge in [-0.15, -0.1) is 22.7 Å². The molecule has 0 aromatic carbocycles. The van der Waals surface area contributed by atoms with Gasteiger partial charge in [0.1, 0.15) is 0 Å². The van der Waals surface area contributed by atoms with Crippen LogP contribution in [0.4, 0.5) is 0 Å². The van der Waals surface area contributed by atoms with E-state index in [2.05, 4.69) is 31.9 Å². The number of rotatable bonds is 0. The third-order valence-corrected chi connectivity index (χ3v) is 5.38. The van der Waals surface area contributed by atoms with Crippen molar-refractivity contribution < 1.29 is 4.79 Å². The fourth-order valence-electron chi connectivity index (χ4n) is 1.56. The molecule has 2 aromatic rings. The molecule has 2 heterocycles. The maximum absolute atomic E-state index is 11.9. The van der Waals surface area contributed by atoms with Crippen LogP contribution in [-0.4, -0.2) is 5.78 Å². The van der Waals surface area contributed by atoms with Crippen molar-refractivity contribution in [3.63, 3.8) is 0 Å². The van der Waals surface area contributed by atoms with Crippen molar-refractivity contribution in [2.24, 2.45) is 0 Å². The Labute approximate surface area is 105 Å². The number of halogens is 2. The monoisotopic (exact) mass is 348 g/mol. The summed E-state index contributed by atoms with van der Waals surface area (Å²) in [4.78, 5) is 13.6. The molecule has 1 nitrogen and oxygen atoms in total. The molecule has 14 heavy (non-hydrogen) atoms. The molecular weight excluding hydrogens is 348 g/mol. The molecule has 1 aliphatic rings. The van der Waals surface area contributed by atoms with Crippen LogP contribution in [0.2, 0.25) is 0 Å². The normalized spacial score (nSPS) is 13.1. The third kappa shape index (κ3) is 1.13. The van der Waals surface area contributed by atoms with Gasteiger partial charge in [-0.1, -0.05) is 0 Å². The number of hydrogen-bond donors (Lipinski definition) is 0. The molecule has 0 radical (unpaired) electrons. The minimum absolute atomic E-state index is 0.168. The minimum Gasteiger partial charge on any atom is -0.287 e. The lowest BCUT2D eigenvalue weighted by molar-refractivity contribution is 0.105. The zero-order chi connectivity index (χ0) is 9.87. The Morgan fingerprint density at radius 3 is 1.79 bits per heavy atom. The first kappa shape index (κ1) is 9.27. The van der Waals surface area contributed by atoms with Crippen molar-refractivity contribution in [1.82, 2.24) is 0 Å². The topological polar surface area (TPSA) is 17.1 Å². The molecule has 3 rings (SSSR count). The van der Waals surface area contributed by atoms with Crippen molar-refractivity contribution in [2.75, 3.05) is 0 Å². The van der Waals surface area contributed by atoms with Crippen LogP contribution in [0.1, 0.15) is 14.5 Å². The Kier molecular flexibility index (Phi) is 1.99. The zero-order valence-corrected chi connectivity index (χ0v) is 11.4. The Bertz CT molecular complexity index is 505. The number of ketones is 1. The molecule has 0 saturated heterocycles. The van der Waals surface area contributed by atoms with Gasteiger partial charge in [-0.25, -0.2) is 0 Å². The first-order chi connectivity index (χ1) is 6.66. The first-order valence-corrected chi connectivity index (χ1v) is 7.02. The Balaban J connectivity index is 2.37. The third-order valence-electron chi connectivity index (χ3n) is 2.11. The summed E-state index contributed by atoms with van der Waals surface area (Å²) in [6.45, 7) is 0. The highest BCUT2D eigenvalue weighted by atomic mass is 79.9. The average Bonchev–Trinajstić information content (AvgIpc) is 2.71. The van der Waals surface area contributed by atoms with Gasteiger partial charge in [-0.3, -0.25) is 4.79 Å². The van der Waals surface area contributed by atoms with E-state index in [0.29, 0.717) is 0 Å². The van der Waals surface area contributed by atoms with Crippen molar-refractivity contribution in [2.45, 2.75) is 0 Å². The predicted molar refractivity (Wildman–Crippen MR) is 66.5 cm³/mol. The van der Waals surface area contributed by atoms with Crippen LogP contribution < -0.4 is 0 Å². The Hall–Kier alpha value is 0.0300. The summed E-state index contributed by atoms with van der Waals surface area (Å²) in [5, 5.41) is 0. The summed E-state index contributed by atoms with van der Waals surface area (Å²) < 4.78 is 2.03. The summed E-state index contributed by atoms with van der Waals surface area (Å²) in [5.41, 5.74) is 2.15. The standard InChI is InChI=1S/C9H2Br2OS2/c10-5-1-3-4-2-6(11)14-9(4)7(12)8(3)13-5/h1-2H. The van der Waals surface area contributed by atoms with E-state index in [0.717, 1.165) is 28.5 Å². The Morgan fingerprint density at radius 2 is 1.36 bits per heavy atom. The lowest BCUT2D eigenvalue weighted by Gasteiger charge is -1.85. The van der Waals surface area contributed by atoms with Gasteiger partial charge in [0, 0.05) is 11.1 Å². The second kappa shape index (κ2) is 3.01. The molecule has 0 unspecified atom stereocenters. The quantitative estimate of drug-likeness (QED) is 0.582. The number of hydrogen-bond acceptors (Lipinski definition) is 3. The Morgan fingerprint density at radius 1 is 0.929 bits per heavy atom. The van der Waals surface area contributed by atoms with Crippen LogP contribution in [0.5, 0.6) is 0 Å². The highest BCUT2D eigenvalue weighted by Crippen LogP contribution is 2.47. The van der Waals surface area contributed by atoms with Crippen LogP contribution in [0.25, 0.3) is 11.1 Å². The predicted octanol–water partition coefficient (Wildman–Crippen LogP) is 4.55. The van der Waals surface area contributed by atoms with Crippen LogP contribution in [0.3, 0.4) is 0 Å². The minimum atomic E-state index is 0.168. The molecule has 0 atom stereocenters. The molecule has 0 bridgehead atoms. The summed E-state index contributed by atoms with van der Waals surface area (Å²) in [7, 11) is 0. The SMILES string of the molecule is O=C1c2sc(Br)cc2-c2cc(Br)sc21. The lowest BCUT2D eigenvalue weighted by Crippen LogP contribution is -1.88. The lowest BCUT2D eigenvalue weighted by atomic mass is 10.2. The van der Waals surface area contributed by atoms with Gasteiger partial charge in [0.05, 0.1) is 17.3 Å². The van der Waals surface area contributed by atoms with Crippen LogP contribution in [0.15, 0.2) is 19.7 Å². The van der Waals surface area contributed by atoms with Gasteiger partial charge in [0.15, 0.2) is 0 Å². The van der Waals surface area contributed by atoms with E-state index in [4.69, 9.17) is 0 Å². The van der Waals surface area contributed by atoms with E-state index in [1.54, 1.807) is 0 Å². The van der Waals surface area contributed by atoms with Gasteiger partial charge in [-0.2, -0.15) is 0 Å². The second-order valence-corrected chi connectivity index (χ2v) is 7.78. The largest absolute Gasteiger partial charge is 0.287 e. The zero-order valence-electron chi connectivity index (χ0n) is 6.64. The molecule has 0 fully saturated rings. The van der Waals surface area contributed by atoms with Gasteiger partial charge >= 0.3 is 0 Å². The molecule has 0 N–H and O–H groups in total. The van der Waals surface area contributed by atoms with Crippen molar-refractivity contribution in [3.05, 3.63) is 29.5 Å². The smallest absolute Gasteiger partial charge is 0.214 e. The maximum atomic E-state index is 11.9. The number of carbonyl (C=O) groups excluding carboxylic acids is 1. The fourth-order valence-corrected chi connectivity index (χ4v) is 4.75. The summed E-state index contributed by atoms with van der Waals surface area (Å²) in [6, 6.07) is 4.03. The van der Waals surface area contributed by atoms with Crippen LogP contribution >= 0.6 is 54.5 Å². The van der Waals surface area contributed by atoms with E-state index in [-0.39, 0.29) is 5.78 Å². The highest BCUT2D eigenvalue weighted by molar-refractivity contribution is 9.11. The second-order valence-electron chi connectivity index (χ2n) is 2.92. The number of thiophene rings is 2. The molecule has 2 aromatic heterocycles. The van der Waals surface area contributed by atoms with Crippen molar-refractivity contribution in [3.8, 4) is 11.1 Å². The molecule has 0 saturated carbocycles. The molecule has 0 amide bonds. The van der Waals surface area contributed by atoms with E-state index in [9.17, 15) is 4.79 Å². The van der Waals surface area contributed by atoms with E-state index >= 15 is 0 Å². The molecule has 0 spiro atoms. The number of carbonyl (C=O) groups is 1. The average molecular weight is 350 g/mol. The molecule has 70 valence electrons. The van der Waals surface area contributed by atoms with Gasteiger partial charge in [0.2, 0.25) is 5.78 Å². The molecule has 0 aliphatic heterocycles. The van der Waals surface area contributed by atoms with Crippen LogP contribution in [0, 0.1) is 0 Å². The van der Waals surface area contributed by atoms with Gasteiger partial charge in [0.25, 0.3) is 0 Å². The maximum Gasteiger partial charge on any atom is 0.214 e. The van der Waals surface area contributed by atoms with Gasteiger partial charge in [-0.05, 0) is 44.0 Å². The highest BCUT2D eigenvalue weighted by Gasteiger charge is 2.31. The number of fused-ring (bicyclic) bond motifs is 3. The summed E-state index contributed by atoms with van der Waals surface area (Å²) in [5.74, 6) is 0.168. The van der Waals surface area contributed by atoms with E-state index < -0.39 is 0 Å². The van der Waals surface area contributed by atoms with E-state index in [1.165, 1.54) is 22.7 Å².